The molecule has 6 heteroatoms. The molecule has 0 aromatic carbocycles. The largest absolute Gasteiger partial charge is 0.348 e. The van der Waals surface area contributed by atoms with Crippen molar-refractivity contribution in [2.45, 2.75) is 13.5 Å². The summed E-state index contributed by atoms with van der Waals surface area (Å²) < 4.78 is 0. The molecule has 16 heavy (non-hydrogen) atoms. The molecule has 0 bridgehead atoms. The normalized spacial score (nSPS) is 9.75. The van der Waals surface area contributed by atoms with Crippen molar-refractivity contribution in [2.75, 3.05) is 5.32 Å². The van der Waals surface area contributed by atoms with E-state index < -0.39 is 0 Å². The second-order valence-electron chi connectivity index (χ2n) is 3.11. The first kappa shape index (κ1) is 10.5. The molecule has 0 spiro atoms. The van der Waals surface area contributed by atoms with Crippen molar-refractivity contribution in [3.05, 3.63) is 34.0 Å². The fourth-order valence-corrected chi connectivity index (χ4v) is 1.86. The van der Waals surface area contributed by atoms with Crippen molar-refractivity contribution in [2.24, 2.45) is 0 Å². The Kier molecular flexibility index (Phi) is 3.08. The highest BCUT2D eigenvalue weighted by molar-refractivity contribution is 7.09. The monoisotopic (exact) mass is 231 g/mol. The maximum atomic E-state index is 8.67. The number of nitrogens with one attached hydrogen (secondary N) is 1. The van der Waals surface area contributed by atoms with E-state index >= 15 is 0 Å². The Labute approximate surface area is 96.8 Å². The van der Waals surface area contributed by atoms with Crippen molar-refractivity contribution in [1.82, 2.24) is 15.0 Å². The zero-order chi connectivity index (χ0) is 11.4. The average Bonchev–Trinajstić information content (AvgIpc) is 2.73. The molecule has 0 aliphatic rings. The molecule has 1 N–H and O–H groups in total. The standard InChI is InChI=1S/C10H9N5S/c1-7-6-16-9(14-7)5-13-10-12-3-2-8(4-11)15-10/h2-3,6H,5H2,1H3,(H,12,13,15). The summed E-state index contributed by atoms with van der Waals surface area (Å²) in [5.41, 5.74) is 1.36. The van der Waals surface area contributed by atoms with E-state index in [1.807, 2.05) is 18.4 Å². The number of hydrogen-bond donors (Lipinski definition) is 1. The Balaban J connectivity index is 2.02. The number of rotatable bonds is 3. The molecule has 80 valence electrons. The number of aromatic nitrogens is 3. The van der Waals surface area contributed by atoms with Gasteiger partial charge >= 0.3 is 0 Å². The number of aryl methyl sites for hydroxylation is 1. The first-order chi connectivity index (χ1) is 7.78. The van der Waals surface area contributed by atoms with E-state index in [2.05, 4.69) is 20.3 Å². The Bertz CT molecular complexity index is 528. The van der Waals surface area contributed by atoms with Gasteiger partial charge in [0.05, 0.1) is 6.54 Å². The van der Waals surface area contributed by atoms with Crippen LogP contribution in [-0.4, -0.2) is 15.0 Å². The molecule has 2 rings (SSSR count). The molecule has 0 radical (unpaired) electrons. The predicted octanol–water partition coefficient (Wildman–Crippen LogP) is 1.73. The number of thiazole rings is 1. The summed E-state index contributed by atoms with van der Waals surface area (Å²) in [6.07, 6.45) is 1.56. The minimum Gasteiger partial charge on any atom is -0.348 e. The summed E-state index contributed by atoms with van der Waals surface area (Å²) in [7, 11) is 0. The molecule has 0 atom stereocenters. The summed E-state index contributed by atoms with van der Waals surface area (Å²) in [6, 6.07) is 3.53. The van der Waals surface area contributed by atoms with Crippen LogP contribution in [0.3, 0.4) is 0 Å². The lowest BCUT2D eigenvalue weighted by Gasteiger charge is -2.01. The van der Waals surface area contributed by atoms with Crippen molar-refractivity contribution in [1.29, 1.82) is 5.26 Å². The van der Waals surface area contributed by atoms with Gasteiger partial charge in [-0.05, 0) is 13.0 Å². The third kappa shape index (κ3) is 2.52. The predicted molar refractivity (Wildman–Crippen MR) is 60.9 cm³/mol. The van der Waals surface area contributed by atoms with E-state index in [1.54, 1.807) is 23.6 Å². The first-order valence-electron chi connectivity index (χ1n) is 4.66. The zero-order valence-corrected chi connectivity index (χ0v) is 9.45. The SMILES string of the molecule is Cc1csc(CNc2nccc(C#N)n2)n1. The van der Waals surface area contributed by atoms with Gasteiger partial charge in [-0.25, -0.2) is 15.0 Å². The third-order valence-electron chi connectivity index (χ3n) is 1.83. The summed E-state index contributed by atoms with van der Waals surface area (Å²) in [4.78, 5) is 12.3. The highest BCUT2D eigenvalue weighted by Crippen LogP contribution is 2.10. The number of anilines is 1. The minimum atomic E-state index is 0.354. The highest BCUT2D eigenvalue weighted by atomic mass is 32.1. The van der Waals surface area contributed by atoms with E-state index in [1.165, 1.54) is 0 Å². The van der Waals surface area contributed by atoms with Crippen LogP contribution in [0.1, 0.15) is 16.4 Å². The Hall–Kier alpha value is -2.00. The molecule has 0 saturated carbocycles. The molecular weight excluding hydrogens is 222 g/mol. The lowest BCUT2D eigenvalue weighted by atomic mass is 10.4. The van der Waals surface area contributed by atoms with E-state index in [9.17, 15) is 0 Å². The van der Waals surface area contributed by atoms with Gasteiger partial charge < -0.3 is 5.32 Å². The molecule has 5 nitrogen and oxygen atoms in total. The van der Waals surface area contributed by atoms with Crippen LogP contribution in [0.2, 0.25) is 0 Å². The second kappa shape index (κ2) is 4.68. The van der Waals surface area contributed by atoms with Gasteiger partial charge in [-0.3, -0.25) is 0 Å². The number of nitrogens with zero attached hydrogens (tertiary/aromatic N) is 4. The Morgan fingerprint density at radius 3 is 3.06 bits per heavy atom. The van der Waals surface area contributed by atoms with Crippen molar-refractivity contribution in [3.63, 3.8) is 0 Å². The van der Waals surface area contributed by atoms with Crippen LogP contribution >= 0.6 is 11.3 Å². The molecule has 2 heterocycles. The fraction of sp³-hybridized carbons (Fsp3) is 0.200. The number of nitriles is 1. The van der Waals surface area contributed by atoms with Crippen LogP contribution in [0.25, 0.3) is 0 Å². The minimum absolute atomic E-state index is 0.354. The molecule has 0 unspecified atom stereocenters. The van der Waals surface area contributed by atoms with E-state index in [-0.39, 0.29) is 0 Å². The average molecular weight is 231 g/mol. The van der Waals surface area contributed by atoms with Crippen molar-refractivity contribution >= 4 is 17.3 Å². The topological polar surface area (TPSA) is 74.5 Å². The molecular formula is C10H9N5S. The van der Waals surface area contributed by atoms with Crippen LogP contribution in [0, 0.1) is 18.3 Å². The van der Waals surface area contributed by atoms with Gasteiger partial charge in [0.1, 0.15) is 16.8 Å². The lowest BCUT2D eigenvalue weighted by molar-refractivity contribution is 1.02. The van der Waals surface area contributed by atoms with Gasteiger partial charge in [-0.2, -0.15) is 5.26 Å². The molecule has 2 aromatic heterocycles. The zero-order valence-electron chi connectivity index (χ0n) is 8.64. The van der Waals surface area contributed by atoms with Gasteiger partial charge in [0.2, 0.25) is 5.95 Å². The Morgan fingerprint density at radius 1 is 1.50 bits per heavy atom. The van der Waals surface area contributed by atoms with Crippen LogP contribution in [0.15, 0.2) is 17.6 Å². The summed E-state index contributed by atoms with van der Waals surface area (Å²) in [5, 5.41) is 14.7. The Morgan fingerprint density at radius 2 is 2.38 bits per heavy atom. The van der Waals surface area contributed by atoms with E-state index in [4.69, 9.17) is 5.26 Å². The van der Waals surface area contributed by atoms with Crippen molar-refractivity contribution < 1.29 is 0 Å². The fourth-order valence-electron chi connectivity index (χ4n) is 1.14. The quantitative estimate of drug-likeness (QED) is 0.870. The van der Waals surface area contributed by atoms with Crippen LogP contribution in [0.5, 0.6) is 0 Å². The molecule has 0 saturated heterocycles. The maximum absolute atomic E-state index is 8.67. The first-order valence-corrected chi connectivity index (χ1v) is 5.54. The number of hydrogen-bond acceptors (Lipinski definition) is 6. The summed E-state index contributed by atoms with van der Waals surface area (Å²) in [6.45, 7) is 2.53. The molecule has 0 aliphatic heterocycles. The molecule has 0 fully saturated rings. The van der Waals surface area contributed by atoms with Gasteiger partial charge in [0.25, 0.3) is 0 Å². The second-order valence-corrected chi connectivity index (χ2v) is 4.06. The van der Waals surface area contributed by atoms with Crippen molar-refractivity contribution in [3.8, 4) is 6.07 Å². The highest BCUT2D eigenvalue weighted by Gasteiger charge is 2.01. The van der Waals surface area contributed by atoms with E-state index in [0.717, 1.165) is 10.7 Å². The van der Waals surface area contributed by atoms with Crippen LogP contribution in [0.4, 0.5) is 5.95 Å². The van der Waals surface area contributed by atoms with Gasteiger partial charge in [0, 0.05) is 17.3 Å². The lowest BCUT2D eigenvalue weighted by Crippen LogP contribution is -2.03. The smallest absolute Gasteiger partial charge is 0.224 e. The maximum Gasteiger partial charge on any atom is 0.224 e. The van der Waals surface area contributed by atoms with Crippen LogP contribution in [-0.2, 0) is 6.54 Å². The molecule has 0 aliphatic carbocycles. The van der Waals surface area contributed by atoms with E-state index in [0.29, 0.717) is 18.2 Å². The van der Waals surface area contributed by atoms with Gasteiger partial charge in [-0.1, -0.05) is 0 Å². The molecule has 0 amide bonds. The van der Waals surface area contributed by atoms with Gasteiger partial charge in [-0.15, -0.1) is 11.3 Å². The molecule has 2 aromatic rings. The summed E-state index contributed by atoms with van der Waals surface area (Å²) in [5.74, 6) is 0.451. The summed E-state index contributed by atoms with van der Waals surface area (Å²) >= 11 is 1.58. The van der Waals surface area contributed by atoms with Gasteiger partial charge in [0.15, 0.2) is 0 Å². The third-order valence-corrected chi connectivity index (χ3v) is 2.80. The van der Waals surface area contributed by atoms with Crippen LogP contribution < -0.4 is 5.32 Å².